The van der Waals surface area contributed by atoms with E-state index < -0.39 is 0 Å². The third-order valence-electron chi connectivity index (χ3n) is 4.64. The largest absolute Gasteiger partial charge is 0.389 e. The first-order chi connectivity index (χ1) is 9.47. The first-order valence-electron chi connectivity index (χ1n) is 7.49. The molecule has 3 N–H and O–H groups in total. The van der Waals surface area contributed by atoms with E-state index in [2.05, 4.69) is 23.3 Å². The van der Waals surface area contributed by atoms with Crippen molar-refractivity contribution in [3.05, 3.63) is 23.0 Å². The standard InChI is InChI=1S/C16H25N3S/c1-4-16(7-5-6-8-16)10-18-13-9-11(2)19-12(3)14(13)15(17)20/h9H,4-8,10H2,1-3H3,(H2,17,20)(H,18,19). The van der Waals surface area contributed by atoms with Crippen LogP contribution in [0.15, 0.2) is 6.07 Å². The van der Waals surface area contributed by atoms with Crippen molar-refractivity contribution in [2.45, 2.75) is 52.9 Å². The number of rotatable bonds is 5. The van der Waals surface area contributed by atoms with Gasteiger partial charge in [-0.1, -0.05) is 32.0 Å². The molecule has 0 saturated heterocycles. The van der Waals surface area contributed by atoms with Gasteiger partial charge in [-0.05, 0) is 44.6 Å². The predicted octanol–water partition coefficient (Wildman–Crippen LogP) is 3.71. The molecule has 0 radical (unpaired) electrons. The minimum Gasteiger partial charge on any atom is -0.389 e. The summed E-state index contributed by atoms with van der Waals surface area (Å²) >= 11 is 5.18. The molecule has 0 aromatic carbocycles. The first kappa shape index (κ1) is 15.2. The van der Waals surface area contributed by atoms with Gasteiger partial charge in [0.05, 0.1) is 5.56 Å². The van der Waals surface area contributed by atoms with Crippen LogP contribution in [0, 0.1) is 19.3 Å². The number of hydrogen-bond donors (Lipinski definition) is 2. The van der Waals surface area contributed by atoms with Crippen molar-refractivity contribution in [3.63, 3.8) is 0 Å². The Labute approximate surface area is 127 Å². The van der Waals surface area contributed by atoms with Crippen LogP contribution in [0.4, 0.5) is 5.69 Å². The Hall–Kier alpha value is -1.16. The highest BCUT2D eigenvalue weighted by molar-refractivity contribution is 7.80. The monoisotopic (exact) mass is 291 g/mol. The normalized spacial score (nSPS) is 17.1. The van der Waals surface area contributed by atoms with Gasteiger partial charge in [0.25, 0.3) is 0 Å². The second kappa shape index (κ2) is 6.08. The molecule has 4 heteroatoms. The summed E-state index contributed by atoms with van der Waals surface area (Å²) in [7, 11) is 0. The fraction of sp³-hybridized carbons (Fsp3) is 0.625. The van der Waals surface area contributed by atoms with Crippen molar-refractivity contribution >= 4 is 22.9 Å². The molecule has 0 unspecified atom stereocenters. The van der Waals surface area contributed by atoms with Crippen LogP contribution >= 0.6 is 12.2 Å². The van der Waals surface area contributed by atoms with Gasteiger partial charge in [0.1, 0.15) is 4.99 Å². The van der Waals surface area contributed by atoms with E-state index in [1.54, 1.807) is 0 Å². The van der Waals surface area contributed by atoms with E-state index in [9.17, 15) is 0 Å². The maximum atomic E-state index is 5.87. The summed E-state index contributed by atoms with van der Waals surface area (Å²) in [6.45, 7) is 7.27. The summed E-state index contributed by atoms with van der Waals surface area (Å²) in [6.07, 6.45) is 6.58. The van der Waals surface area contributed by atoms with Crippen LogP contribution in [-0.2, 0) is 0 Å². The molecule has 1 fully saturated rings. The van der Waals surface area contributed by atoms with Gasteiger partial charge in [-0.15, -0.1) is 0 Å². The molecule has 0 atom stereocenters. The number of nitrogens with zero attached hydrogens (tertiary/aromatic N) is 1. The second-order valence-electron chi connectivity index (χ2n) is 6.05. The number of nitrogens with one attached hydrogen (secondary N) is 1. The van der Waals surface area contributed by atoms with E-state index in [-0.39, 0.29) is 0 Å². The van der Waals surface area contributed by atoms with Gasteiger partial charge < -0.3 is 11.1 Å². The summed E-state index contributed by atoms with van der Waals surface area (Å²) in [5.74, 6) is 0. The Morgan fingerprint density at radius 2 is 2.05 bits per heavy atom. The van der Waals surface area contributed by atoms with Crippen LogP contribution in [0.3, 0.4) is 0 Å². The van der Waals surface area contributed by atoms with Crippen LogP contribution < -0.4 is 11.1 Å². The van der Waals surface area contributed by atoms with Crippen molar-refractivity contribution < 1.29 is 0 Å². The highest BCUT2D eigenvalue weighted by Gasteiger charge is 2.31. The van der Waals surface area contributed by atoms with E-state index in [1.807, 2.05) is 13.8 Å². The molecular formula is C16H25N3S. The molecular weight excluding hydrogens is 266 g/mol. The summed E-state index contributed by atoms with van der Waals surface area (Å²) in [4.78, 5) is 4.89. The van der Waals surface area contributed by atoms with E-state index in [1.165, 1.54) is 32.1 Å². The number of aromatic nitrogens is 1. The smallest absolute Gasteiger partial charge is 0.107 e. The Morgan fingerprint density at radius 1 is 1.40 bits per heavy atom. The predicted molar refractivity (Wildman–Crippen MR) is 89.3 cm³/mol. The zero-order chi connectivity index (χ0) is 14.8. The minimum absolute atomic E-state index is 0.425. The number of thiocarbonyl (C=S) groups is 1. The minimum atomic E-state index is 0.425. The van der Waals surface area contributed by atoms with Gasteiger partial charge >= 0.3 is 0 Å². The molecule has 1 saturated carbocycles. The molecule has 0 spiro atoms. The molecule has 1 aromatic rings. The molecule has 1 aliphatic carbocycles. The van der Waals surface area contributed by atoms with Gasteiger partial charge in [0.15, 0.2) is 0 Å². The lowest BCUT2D eigenvalue weighted by molar-refractivity contribution is 0.307. The average Bonchev–Trinajstić information content (AvgIpc) is 2.84. The Kier molecular flexibility index (Phi) is 4.63. The number of hydrogen-bond acceptors (Lipinski definition) is 3. The van der Waals surface area contributed by atoms with Crippen LogP contribution in [0.5, 0.6) is 0 Å². The summed E-state index contributed by atoms with van der Waals surface area (Å²) in [5, 5.41) is 3.60. The lowest BCUT2D eigenvalue weighted by Gasteiger charge is -2.29. The maximum absolute atomic E-state index is 5.87. The highest BCUT2D eigenvalue weighted by Crippen LogP contribution is 2.41. The molecule has 1 aromatic heterocycles. The zero-order valence-electron chi connectivity index (χ0n) is 12.8. The average molecular weight is 291 g/mol. The van der Waals surface area contributed by atoms with Crippen molar-refractivity contribution in [3.8, 4) is 0 Å². The Morgan fingerprint density at radius 3 is 2.60 bits per heavy atom. The van der Waals surface area contributed by atoms with Crippen molar-refractivity contribution in [1.29, 1.82) is 0 Å². The van der Waals surface area contributed by atoms with Gasteiger partial charge in [-0.3, -0.25) is 4.98 Å². The number of pyridine rings is 1. The van der Waals surface area contributed by atoms with Crippen LogP contribution in [0.2, 0.25) is 0 Å². The maximum Gasteiger partial charge on any atom is 0.107 e. The second-order valence-corrected chi connectivity index (χ2v) is 6.49. The van der Waals surface area contributed by atoms with Gasteiger partial charge in [0.2, 0.25) is 0 Å². The van der Waals surface area contributed by atoms with Crippen molar-refractivity contribution in [1.82, 2.24) is 4.98 Å². The molecule has 110 valence electrons. The Balaban J connectivity index is 2.22. The van der Waals surface area contributed by atoms with Gasteiger partial charge in [-0.25, -0.2) is 0 Å². The molecule has 1 heterocycles. The third kappa shape index (κ3) is 3.11. The number of nitrogens with two attached hydrogens (primary N) is 1. The zero-order valence-corrected chi connectivity index (χ0v) is 13.6. The lowest BCUT2D eigenvalue weighted by atomic mass is 9.83. The number of anilines is 1. The lowest BCUT2D eigenvalue weighted by Crippen LogP contribution is -2.27. The summed E-state index contributed by atoms with van der Waals surface area (Å²) in [5.41, 5.74) is 10.2. The van der Waals surface area contributed by atoms with E-state index in [0.29, 0.717) is 10.4 Å². The quantitative estimate of drug-likeness (QED) is 0.812. The van der Waals surface area contributed by atoms with Crippen molar-refractivity contribution in [2.75, 3.05) is 11.9 Å². The molecule has 20 heavy (non-hydrogen) atoms. The highest BCUT2D eigenvalue weighted by atomic mass is 32.1. The van der Waals surface area contributed by atoms with Gasteiger partial charge in [0, 0.05) is 23.6 Å². The van der Waals surface area contributed by atoms with E-state index >= 15 is 0 Å². The molecule has 0 amide bonds. The van der Waals surface area contributed by atoms with Crippen LogP contribution in [-0.4, -0.2) is 16.5 Å². The third-order valence-corrected chi connectivity index (χ3v) is 4.85. The molecule has 0 aliphatic heterocycles. The molecule has 3 nitrogen and oxygen atoms in total. The fourth-order valence-corrected chi connectivity index (χ4v) is 3.60. The van der Waals surface area contributed by atoms with Crippen LogP contribution in [0.25, 0.3) is 0 Å². The topological polar surface area (TPSA) is 50.9 Å². The summed E-state index contributed by atoms with van der Waals surface area (Å²) < 4.78 is 0. The van der Waals surface area contributed by atoms with Crippen molar-refractivity contribution in [2.24, 2.45) is 11.1 Å². The fourth-order valence-electron chi connectivity index (χ4n) is 3.34. The Bertz CT molecular complexity index is 505. The number of aryl methyl sites for hydroxylation is 2. The SMILES string of the molecule is CCC1(CNc2cc(C)nc(C)c2C(N)=S)CCCC1. The van der Waals surface area contributed by atoms with E-state index in [0.717, 1.165) is 29.2 Å². The van der Waals surface area contributed by atoms with Crippen LogP contribution in [0.1, 0.15) is 56.0 Å². The van der Waals surface area contributed by atoms with E-state index in [4.69, 9.17) is 18.0 Å². The molecule has 2 rings (SSSR count). The first-order valence-corrected chi connectivity index (χ1v) is 7.90. The summed E-state index contributed by atoms with van der Waals surface area (Å²) in [6, 6.07) is 2.06. The molecule has 1 aliphatic rings. The van der Waals surface area contributed by atoms with Gasteiger partial charge in [-0.2, -0.15) is 0 Å². The molecule has 0 bridgehead atoms.